The van der Waals surface area contributed by atoms with Crippen LogP contribution in [0.3, 0.4) is 0 Å². The molecule has 0 unspecified atom stereocenters. The normalized spacial score (nSPS) is 22.4. The van der Waals surface area contributed by atoms with Crippen LogP contribution in [-0.4, -0.2) is 22.6 Å². The molecule has 1 aliphatic rings. The third kappa shape index (κ3) is 2.93. The molecule has 3 rings (SSSR count). The summed E-state index contributed by atoms with van der Waals surface area (Å²) in [7, 11) is 0. The number of ether oxygens (including phenoxy) is 1. The molecule has 19 heavy (non-hydrogen) atoms. The molecule has 98 valence electrons. The lowest BCUT2D eigenvalue weighted by Crippen LogP contribution is -2.24. The van der Waals surface area contributed by atoms with E-state index in [4.69, 9.17) is 4.74 Å². The predicted molar refractivity (Wildman–Crippen MR) is 76.9 cm³/mol. The standard InChI is InChI=1S/C14H14BrN3O/c15-11-8-16-14(17-9-11)18-12-6-7-19-13(12)10-4-2-1-3-5-10/h1-5,8-9,12-13H,6-7H2,(H,16,17,18)/t12-,13-/m0/s1. The molecule has 2 atom stereocenters. The van der Waals surface area contributed by atoms with Gasteiger partial charge >= 0.3 is 0 Å². The Bertz CT molecular complexity index is 532. The van der Waals surface area contributed by atoms with Gasteiger partial charge in [-0.1, -0.05) is 30.3 Å². The third-order valence-electron chi connectivity index (χ3n) is 3.15. The van der Waals surface area contributed by atoms with Gasteiger partial charge in [-0.25, -0.2) is 9.97 Å². The zero-order chi connectivity index (χ0) is 13.1. The third-order valence-corrected chi connectivity index (χ3v) is 3.56. The second-order valence-corrected chi connectivity index (χ2v) is 5.38. The van der Waals surface area contributed by atoms with E-state index in [1.165, 1.54) is 5.56 Å². The molecule has 1 N–H and O–H groups in total. The highest BCUT2D eigenvalue weighted by Crippen LogP contribution is 2.30. The molecular formula is C14H14BrN3O. The predicted octanol–water partition coefficient (Wildman–Crippen LogP) is 3.18. The number of hydrogen-bond acceptors (Lipinski definition) is 4. The van der Waals surface area contributed by atoms with Crippen molar-refractivity contribution in [2.24, 2.45) is 0 Å². The Morgan fingerprint density at radius 1 is 1.16 bits per heavy atom. The fraction of sp³-hybridized carbons (Fsp3) is 0.286. The second-order valence-electron chi connectivity index (χ2n) is 4.47. The van der Waals surface area contributed by atoms with E-state index >= 15 is 0 Å². The number of anilines is 1. The molecule has 1 fully saturated rings. The first-order chi connectivity index (χ1) is 9.33. The minimum atomic E-state index is 0.0634. The van der Waals surface area contributed by atoms with Crippen molar-refractivity contribution in [1.82, 2.24) is 9.97 Å². The molecule has 1 aromatic carbocycles. The van der Waals surface area contributed by atoms with Crippen molar-refractivity contribution in [1.29, 1.82) is 0 Å². The van der Waals surface area contributed by atoms with Gasteiger partial charge in [0.1, 0.15) is 6.10 Å². The van der Waals surface area contributed by atoms with Gasteiger partial charge in [-0.15, -0.1) is 0 Å². The lowest BCUT2D eigenvalue weighted by molar-refractivity contribution is 0.107. The van der Waals surface area contributed by atoms with E-state index in [2.05, 4.69) is 43.3 Å². The quantitative estimate of drug-likeness (QED) is 0.943. The molecule has 0 amide bonds. The minimum Gasteiger partial charge on any atom is -0.371 e. The van der Waals surface area contributed by atoms with Crippen LogP contribution in [0.4, 0.5) is 5.95 Å². The summed E-state index contributed by atoms with van der Waals surface area (Å²) in [5.74, 6) is 0.639. The van der Waals surface area contributed by atoms with Crippen molar-refractivity contribution in [3.63, 3.8) is 0 Å². The van der Waals surface area contributed by atoms with Crippen LogP contribution in [0, 0.1) is 0 Å². The number of nitrogens with one attached hydrogen (secondary N) is 1. The van der Waals surface area contributed by atoms with Crippen molar-refractivity contribution in [2.45, 2.75) is 18.6 Å². The van der Waals surface area contributed by atoms with Gasteiger partial charge in [0.15, 0.2) is 0 Å². The Balaban J connectivity index is 1.75. The summed E-state index contributed by atoms with van der Waals surface area (Å²) in [6, 6.07) is 10.5. The molecule has 1 saturated heterocycles. The first kappa shape index (κ1) is 12.6. The maximum absolute atomic E-state index is 5.82. The molecule has 4 nitrogen and oxygen atoms in total. The number of benzene rings is 1. The van der Waals surface area contributed by atoms with Crippen molar-refractivity contribution in [2.75, 3.05) is 11.9 Å². The van der Waals surface area contributed by atoms with E-state index in [0.29, 0.717) is 5.95 Å². The van der Waals surface area contributed by atoms with Crippen LogP contribution in [0.5, 0.6) is 0 Å². The monoisotopic (exact) mass is 319 g/mol. The lowest BCUT2D eigenvalue weighted by atomic mass is 10.0. The highest BCUT2D eigenvalue weighted by Gasteiger charge is 2.29. The average molecular weight is 320 g/mol. The van der Waals surface area contributed by atoms with E-state index in [0.717, 1.165) is 17.5 Å². The van der Waals surface area contributed by atoms with Gasteiger partial charge in [0.25, 0.3) is 0 Å². The minimum absolute atomic E-state index is 0.0634. The zero-order valence-electron chi connectivity index (χ0n) is 10.3. The summed E-state index contributed by atoms with van der Waals surface area (Å²) in [6.45, 7) is 0.758. The van der Waals surface area contributed by atoms with Crippen molar-refractivity contribution < 1.29 is 4.74 Å². The summed E-state index contributed by atoms with van der Waals surface area (Å²) >= 11 is 3.33. The van der Waals surface area contributed by atoms with Gasteiger partial charge < -0.3 is 10.1 Å². The average Bonchev–Trinajstić information content (AvgIpc) is 2.90. The van der Waals surface area contributed by atoms with Gasteiger partial charge in [-0.05, 0) is 27.9 Å². The van der Waals surface area contributed by atoms with Crippen LogP contribution < -0.4 is 5.32 Å². The number of hydrogen-bond donors (Lipinski definition) is 1. The maximum Gasteiger partial charge on any atom is 0.222 e. The van der Waals surface area contributed by atoms with Crippen molar-refractivity contribution in [3.05, 3.63) is 52.8 Å². The Kier molecular flexibility index (Phi) is 3.75. The topological polar surface area (TPSA) is 47.0 Å². The largest absolute Gasteiger partial charge is 0.371 e. The van der Waals surface area contributed by atoms with Crippen LogP contribution in [0.2, 0.25) is 0 Å². The number of nitrogens with zero attached hydrogens (tertiary/aromatic N) is 2. The van der Waals surface area contributed by atoms with E-state index in [1.54, 1.807) is 12.4 Å². The van der Waals surface area contributed by atoms with Gasteiger partial charge in [0.05, 0.1) is 10.5 Å². The highest BCUT2D eigenvalue weighted by molar-refractivity contribution is 9.10. The first-order valence-corrected chi connectivity index (χ1v) is 7.03. The SMILES string of the molecule is Brc1cnc(N[C@H]2CCO[C@H]2c2ccccc2)nc1. The summed E-state index contributed by atoms with van der Waals surface area (Å²) < 4.78 is 6.70. The molecule has 1 aliphatic heterocycles. The molecule has 0 aliphatic carbocycles. The van der Waals surface area contributed by atoms with Gasteiger partial charge in [-0.3, -0.25) is 0 Å². The van der Waals surface area contributed by atoms with Crippen LogP contribution in [0.1, 0.15) is 18.1 Å². The molecule has 2 aromatic rings. The van der Waals surface area contributed by atoms with E-state index in [1.807, 2.05) is 18.2 Å². The molecule has 0 saturated carbocycles. The Labute approximate surface area is 120 Å². The molecule has 0 radical (unpaired) electrons. The zero-order valence-corrected chi connectivity index (χ0v) is 11.9. The van der Waals surface area contributed by atoms with Gasteiger partial charge in [0.2, 0.25) is 5.95 Å². The number of aromatic nitrogens is 2. The van der Waals surface area contributed by atoms with Crippen molar-refractivity contribution in [3.8, 4) is 0 Å². The van der Waals surface area contributed by atoms with E-state index < -0.39 is 0 Å². The van der Waals surface area contributed by atoms with Gasteiger partial charge in [0, 0.05) is 19.0 Å². The summed E-state index contributed by atoms with van der Waals surface area (Å²) in [6.07, 6.45) is 4.50. The summed E-state index contributed by atoms with van der Waals surface area (Å²) in [4.78, 5) is 8.49. The highest BCUT2D eigenvalue weighted by atomic mass is 79.9. The van der Waals surface area contributed by atoms with E-state index in [9.17, 15) is 0 Å². The smallest absolute Gasteiger partial charge is 0.222 e. The molecule has 0 spiro atoms. The Morgan fingerprint density at radius 3 is 2.63 bits per heavy atom. The van der Waals surface area contributed by atoms with E-state index in [-0.39, 0.29) is 12.1 Å². The Hall–Kier alpha value is -1.46. The van der Waals surface area contributed by atoms with Crippen LogP contribution in [-0.2, 0) is 4.74 Å². The molecule has 2 heterocycles. The Morgan fingerprint density at radius 2 is 1.89 bits per heavy atom. The number of halogens is 1. The molecule has 1 aromatic heterocycles. The fourth-order valence-corrected chi connectivity index (χ4v) is 2.47. The lowest BCUT2D eigenvalue weighted by Gasteiger charge is -2.20. The molecule has 5 heteroatoms. The second kappa shape index (κ2) is 5.67. The summed E-state index contributed by atoms with van der Waals surface area (Å²) in [5, 5.41) is 3.35. The van der Waals surface area contributed by atoms with Crippen molar-refractivity contribution >= 4 is 21.9 Å². The first-order valence-electron chi connectivity index (χ1n) is 6.23. The fourth-order valence-electron chi connectivity index (χ4n) is 2.26. The number of rotatable bonds is 3. The maximum atomic E-state index is 5.82. The van der Waals surface area contributed by atoms with Crippen LogP contribution >= 0.6 is 15.9 Å². The summed E-state index contributed by atoms with van der Waals surface area (Å²) in [5.41, 5.74) is 1.19. The van der Waals surface area contributed by atoms with Crippen LogP contribution in [0.25, 0.3) is 0 Å². The van der Waals surface area contributed by atoms with Crippen LogP contribution in [0.15, 0.2) is 47.2 Å². The molecule has 0 bridgehead atoms. The molecular weight excluding hydrogens is 306 g/mol. The van der Waals surface area contributed by atoms with Gasteiger partial charge in [-0.2, -0.15) is 0 Å².